The van der Waals surface area contributed by atoms with Gasteiger partial charge in [0, 0.05) is 10.9 Å². The van der Waals surface area contributed by atoms with Crippen molar-refractivity contribution in [3.05, 3.63) is 29.3 Å². The Morgan fingerprint density at radius 1 is 1.26 bits per heavy atom. The van der Waals surface area contributed by atoms with Crippen LogP contribution in [0, 0.1) is 19.3 Å². The van der Waals surface area contributed by atoms with E-state index in [1.165, 1.54) is 11.8 Å². The van der Waals surface area contributed by atoms with E-state index in [1.807, 2.05) is 36.9 Å². The van der Waals surface area contributed by atoms with E-state index >= 15 is 0 Å². The molecule has 0 bridgehead atoms. The van der Waals surface area contributed by atoms with Gasteiger partial charge in [0.05, 0.1) is 17.5 Å². The number of hydrogen-bond donors (Lipinski definition) is 1. The van der Waals surface area contributed by atoms with Crippen LogP contribution in [0.1, 0.15) is 11.1 Å². The van der Waals surface area contributed by atoms with Crippen LogP contribution in [0.5, 0.6) is 0 Å². The number of fused-ring (bicyclic) bond motifs is 1. The van der Waals surface area contributed by atoms with Crippen molar-refractivity contribution in [1.82, 2.24) is 0 Å². The molecule has 0 unspecified atom stereocenters. The third kappa shape index (κ3) is 2.07. The van der Waals surface area contributed by atoms with E-state index in [-0.39, 0.29) is 22.8 Å². The summed E-state index contributed by atoms with van der Waals surface area (Å²) in [6.07, 6.45) is 0. The summed E-state index contributed by atoms with van der Waals surface area (Å²) in [7, 11) is -2.95. The predicted molar refractivity (Wildman–Crippen MR) is 79.9 cm³/mol. The highest BCUT2D eigenvalue weighted by atomic mass is 32.2. The van der Waals surface area contributed by atoms with Crippen LogP contribution >= 0.6 is 11.8 Å². The summed E-state index contributed by atoms with van der Waals surface area (Å²) >= 11 is 1.39. The third-order valence-corrected chi connectivity index (χ3v) is 6.90. The van der Waals surface area contributed by atoms with Gasteiger partial charge in [0.2, 0.25) is 0 Å². The summed E-state index contributed by atoms with van der Waals surface area (Å²) in [5, 5.41) is 8.64. The van der Waals surface area contributed by atoms with Crippen LogP contribution in [0.25, 0.3) is 0 Å². The Balaban J connectivity index is 2.07. The first-order chi connectivity index (χ1) is 8.89. The molecule has 2 aliphatic rings. The second-order valence-corrected chi connectivity index (χ2v) is 8.60. The molecule has 2 atom stereocenters. The van der Waals surface area contributed by atoms with Gasteiger partial charge in [0.25, 0.3) is 0 Å². The van der Waals surface area contributed by atoms with Crippen LogP contribution in [0.2, 0.25) is 0 Å². The maximum absolute atomic E-state index is 11.8. The number of para-hydroxylation sites is 1. The molecule has 1 aromatic carbocycles. The van der Waals surface area contributed by atoms with Crippen LogP contribution in [-0.2, 0) is 9.84 Å². The van der Waals surface area contributed by atoms with Crippen molar-refractivity contribution in [1.29, 1.82) is 5.41 Å². The minimum atomic E-state index is -2.95. The van der Waals surface area contributed by atoms with Crippen LogP contribution in [0.4, 0.5) is 5.69 Å². The number of benzene rings is 1. The largest absolute Gasteiger partial charge is 0.316 e. The maximum atomic E-state index is 11.8. The standard InChI is InChI=1S/C13H16N2O2S2/c1-8-4-3-5-9(2)12(8)15-10-6-19(16,17)7-11(10)18-13(15)14/h3-5,10-11,14H,6-7H2,1-2H3/t10-,11-/m0/s1. The van der Waals surface area contributed by atoms with Crippen molar-refractivity contribution in [2.24, 2.45) is 0 Å². The zero-order valence-corrected chi connectivity index (χ0v) is 12.5. The van der Waals surface area contributed by atoms with Crippen molar-refractivity contribution in [3.8, 4) is 0 Å². The Morgan fingerprint density at radius 3 is 2.53 bits per heavy atom. The number of anilines is 1. The summed E-state index contributed by atoms with van der Waals surface area (Å²) < 4.78 is 23.6. The summed E-state index contributed by atoms with van der Waals surface area (Å²) in [6, 6.07) is 5.93. The highest BCUT2D eigenvalue weighted by molar-refractivity contribution is 8.15. The van der Waals surface area contributed by atoms with Gasteiger partial charge in [0.1, 0.15) is 0 Å². The molecule has 2 fully saturated rings. The van der Waals surface area contributed by atoms with Gasteiger partial charge in [-0.1, -0.05) is 30.0 Å². The van der Waals surface area contributed by atoms with Gasteiger partial charge in [-0.15, -0.1) is 0 Å². The zero-order valence-electron chi connectivity index (χ0n) is 10.9. The van der Waals surface area contributed by atoms with E-state index in [1.54, 1.807) is 0 Å². The number of nitrogens with one attached hydrogen (secondary N) is 1. The molecule has 2 aliphatic heterocycles. The number of amidine groups is 1. The van der Waals surface area contributed by atoms with E-state index in [9.17, 15) is 8.42 Å². The van der Waals surface area contributed by atoms with Crippen LogP contribution in [0.15, 0.2) is 18.2 Å². The molecule has 19 heavy (non-hydrogen) atoms. The molecule has 0 amide bonds. The van der Waals surface area contributed by atoms with Gasteiger partial charge in [-0.3, -0.25) is 5.41 Å². The van der Waals surface area contributed by atoms with Crippen LogP contribution in [-0.4, -0.2) is 36.4 Å². The molecule has 0 saturated carbocycles. The Morgan fingerprint density at radius 2 is 1.89 bits per heavy atom. The highest BCUT2D eigenvalue weighted by Gasteiger charge is 2.49. The number of nitrogens with zero attached hydrogens (tertiary/aromatic N) is 1. The summed E-state index contributed by atoms with van der Waals surface area (Å²) in [6.45, 7) is 4.02. The summed E-state index contributed by atoms with van der Waals surface area (Å²) in [4.78, 5) is 1.92. The van der Waals surface area contributed by atoms with E-state index in [0.717, 1.165) is 16.8 Å². The van der Waals surface area contributed by atoms with E-state index < -0.39 is 9.84 Å². The maximum Gasteiger partial charge on any atom is 0.161 e. The van der Waals surface area contributed by atoms with Gasteiger partial charge in [0.15, 0.2) is 15.0 Å². The van der Waals surface area contributed by atoms with Crippen molar-refractivity contribution >= 4 is 32.5 Å². The average Bonchev–Trinajstić information content (AvgIpc) is 2.71. The Bertz CT molecular complexity index is 634. The Labute approximate surface area is 117 Å². The molecule has 1 aromatic rings. The topological polar surface area (TPSA) is 61.2 Å². The highest BCUT2D eigenvalue weighted by Crippen LogP contribution is 2.42. The van der Waals surface area contributed by atoms with E-state index in [4.69, 9.17) is 5.41 Å². The fourth-order valence-corrected chi connectivity index (χ4v) is 6.73. The molecular weight excluding hydrogens is 280 g/mol. The fraction of sp³-hybridized carbons (Fsp3) is 0.462. The Hall–Kier alpha value is -1.01. The van der Waals surface area contributed by atoms with Crippen LogP contribution < -0.4 is 4.90 Å². The zero-order chi connectivity index (χ0) is 13.8. The molecule has 1 N–H and O–H groups in total. The van der Waals surface area contributed by atoms with Gasteiger partial charge in [-0.2, -0.15) is 0 Å². The first kappa shape index (κ1) is 13.0. The third-order valence-electron chi connectivity index (χ3n) is 3.77. The Kier molecular flexibility index (Phi) is 2.90. The second-order valence-electron chi connectivity index (χ2n) is 5.22. The molecule has 102 valence electrons. The van der Waals surface area contributed by atoms with Gasteiger partial charge in [-0.25, -0.2) is 8.42 Å². The molecule has 0 spiro atoms. The monoisotopic (exact) mass is 296 g/mol. The molecule has 4 nitrogen and oxygen atoms in total. The van der Waals surface area contributed by atoms with Crippen molar-refractivity contribution in [2.75, 3.05) is 16.4 Å². The van der Waals surface area contributed by atoms with E-state index in [0.29, 0.717) is 5.17 Å². The molecule has 0 aliphatic carbocycles. The fourth-order valence-electron chi connectivity index (χ4n) is 2.95. The number of rotatable bonds is 1. The molecule has 2 saturated heterocycles. The summed E-state index contributed by atoms with van der Waals surface area (Å²) in [5.41, 5.74) is 3.19. The number of sulfone groups is 1. The smallest absolute Gasteiger partial charge is 0.161 e. The van der Waals surface area contributed by atoms with E-state index in [2.05, 4.69) is 0 Å². The molecule has 0 aromatic heterocycles. The number of hydrogen-bond acceptors (Lipinski definition) is 4. The second kappa shape index (κ2) is 4.24. The van der Waals surface area contributed by atoms with Crippen molar-refractivity contribution in [2.45, 2.75) is 25.1 Å². The van der Waals surface area contributed by atoms with Gasteiger partial charge in [-0.05, 0) is 25.0 Å². The predicted octanol–water partition coefficient (Wildman–Crippen LogP) is 1.96. The lowest BCUT2D eigenvalue weighted by atomic mass is 10.1. The minimum absolute atomic E-state index is 0.0107. The lowest BCUT2D eigenvalue weighted by Gasteiger charge is -2.27. The van der Waals surface area contributed by atoms with Crippen molar-refractivity contribution < 1.29 is 8.42 Å². The lowest BCUT2D eigenvalue weighted by molar-refractivity contribution is 0.601. The quantitative estimate of drug-likeness (QED) is 0.860. The van der Waals surface area contributed by atoms with Crippen LogP contribution in [0.3, 0.4) is 0 Å². The minimum Gasteiger partial charge on any atom is -0.316 e. The van der Waals surface area contributed by atoms with Crippen molar-refractivity contribution in [3.63, 3.8) is 0 Å². The summed E-state index contributed by atoms with van der Waals surface area (Å²) in [5.74, 6) is 0.368. The number of aryl methyl sites for hydroxylation is 2. The van der Waals surface area contributed by atoms with Gasteiger partial charge >= 0.3 is 0 Å². The van der Waals surface area contributed by atoms with Gasteiger partial charge < -0.3 is 4.90 Å². The number of thioether (sulfide) groups is 1. The SMILES string of the molecule is Cc1cccc(C)c1N1C(=N)S[C@H]2CS(=O)(=O)C[C@@H]21. The first-order valence-electron chi connectivity index (χ1n) is 6.20. The molecule has 2 heterocycles. The molecule has 0 radical (unpaired) electrons. The molecule has 3 rings (SSSR count). The first-order valence-corrected chi connectivity index (χ1v) is 8.90. The molecule has 6 heteroatoms. The average molecular weight is 296 g/mol. The lowest BCUT2D eigenvalue weighted by Crippen LogP contribution is -2.38. The molecular formula is C13H16N2O2S2. The normalized spacial score (nSPS) is 28.7.